The Morgan fingerprint density at radius 3 is 2.54 bits per heavy atom. The molecule has 4 heteroatoms. The van der Waals surface area contributed by atoms with Gasteiger partial charge in [0, 0.05) is 5.30 Å². The molecule has 0 amide bonds. The van der Waals surface area contributed by atoms with Crippen LogP contribution < -0.4 is 5.30 Å². The van der Waals surface area contributed by atoms with Crippen LogP contribution in [0.3, 0.4) is 0 Å². The summed E-state index contributed by atoms with van der Waals surface area (Å²) >= 11 is 0. The topological polar surface area (TPSA) is 57.5 Å². The second kappa shape index (κ2) is 4.05. The van der Waals surface area contributed by atoms with Gasteiger partial charge in [-0.25, -0.2) is 0 Å². The molecule has 0 aromatic heterocycles. The third-order valence-electron chi connectivity index (χ3n) is 1.94. The fourth-order valence-corrected chi connectivity index (χ4v) is 2.38. The first-order valence-electron chi connectivity index (χ1n) is 4.13. The molecule has 1 atom stereocenters. The highest BCUT2D eigenvalue weighted by Crippen LogP contribution is 2.38. The number of hydrogen-bond acceptors (Lipinski definition) is 2. The first kappa shape index (κ1) is 10.5. The molecule has 3 nitrogen and oxygen atoms in total. The van der Waals surface area contributed by atoms with E-state index in [1.165, 1.54) is 0 Å². The highest BCUT2D eigenvalue weighted by molar-refractivity contribution is 7.65. The van der Waals surface area contributed by atoms with Gasteiger partial charge in [-0.05, 0) is 18.1 Å². The standard InChI is InChI=1S/C9H13O3P/c1-2-8-5-3-4-6-9(8)13(11,12)7-10/h3-6,10H,2,7H2,1H3,(H,11,12). The van der Waals surface area contributed by atoms with Crippen LogP contribution in [0, 0.1) is 0 Å². The molecule has 72 valence electrons. The van der Waals surface area contributed by atoms with Crippen LogP contribution in [0.25, 0.3) is 0 Å². The van der Waals surface area contributed by atoms with Gasteiger partial charge in [-0.1, -0.05) is 25.1 Å². The smallest absolute Gasteiger partial charge is 0.254 e. The van der Waals surface area contributed by atoms with Crippen molar-refractivity contribution >= 4 is 12.7 Å². The van der Waals surface area contributed by atoms with Crippen molar-refractivity contribution < 1.29 is 14.6 Å². The van der Waals surface area contributed by atoms with Gasteiger partial charge in [-0.15, -0.1) is 0 Å². The Morgan fingerprint density at radius 1 is 1.38 bits per heavy atom. The van der Waals surface area contributed by atoms with Gasteiger partial charge >= 0.3 is 0 Å². The predicted octanol–water partition coefficient (Wildman–Crippen LogP) is 1.09. The highest BCUT2D eigenvalue weighted by Gasteiger charge is 2.21. The van der Waals surface area contributed by atoms with Gasteiger partial charge in [-0.2, -0.15) is 0 Å². The molecule has 1 aromatic rings. The van der Waals surface area contributed by atoms with Crippen LogP contribution in [-0.4, -0.2) is 16.3 Å². The minimum atomic E-state index is -3.52. The van der Waals surface area contributed by atoms with E-state index in [0.29, 0.717) is 11.7 Å². The summed E-state index contributed by atoms with van der Waals surface area (Å²) in [5.41, 5.74) is 0.822. The summed E-state index contributed by atoms with van der Waals surface area (Å²) in [5, 5.41) is 9.13. The summed E-state index contributed by atoms with van der Waals surface area (Å²) in [6.07, 6.45) is 0.00470. The number of benzene rings is 1. The molecule has 0 heterocycles. The van der Waals surface area contributed by atoms with Gasteiger partial charge in [0.25, 0.3) is 7.37 Å². The Kier molecular flexibility index (Phi) is 3.26. The summed E-state index contributed by atoms with van der Waals surface area (Å²) < 4.78 is 11.5. The lowest BCUT2D eigenvalue weighted by Crippen LogP contribution is -2.12. The van der Waals surface area contributed by atoms with Gasteiger partial charge in [0.05, 0.1) is 0 Å². The molecular weight excluding hydrogens is 187 g/mol. The lowest BCUT2D eigenvalue weighted by Gasteiger charge is -2.12. The van der Waals surface area contributed by atoms with Crippen molar-refractivity contribution in [3.8, 4) is 0 Å². The van der Waals surface area contributed by atoms with E-state index in [1.807, 2.05) is 13.0 Å². The van der Waals surface area contributed by atoms with Gasteiger partial charge in [0.2, 0.25) is 0 Å². The first-order valence-corrected chi connectivity index (χ1v) is 5.97. The van der Waals surface area contributed by atoms with Crippen LogP contribution in [0.15, 0.2) is 24.3 Å². The van der Waals surface area contributed by atoms with E-state index in [4.69, 9.17) is 5.11 Å². The van der Waals surface area contributed by atoms with Crippen LogP contribution in [0.5, 0.6) is 0 Å². The SMILES string of the molecule is CCc1ccccc1P(=O)(O)CO. The molecule has 0 aliphatic carbocycles. The zero-order valence-electron chi connectivity index (χ0n) is 7.47. The number of rotatable bonds is 3. The molecule has 0 saturated carbocycles. The Balaban J connectivity index is 3.21. The summed E-state index contributed by atoms with van der Waals surface area (Å²) in [5.74, 6) is 0. The molecular formula is C9H13O3P. The molecule has 0 fully saturated rings. The average Bonchev–Trinajstić information content (AvgIpc) is 2.18. The maximum absolute atomic E-state index is 11.5. The molecule has 1 aromatic carbocycles. The number of aryl methyl sites for hydroxylation is 1. The minimum absolute atomic E-state index is 0.375. The minimum Gasteiger partial charge on any atom is -0.386 e. The van der Waals surface area contributed by atoms with Gasteiger partial charge < -0.3 is 10.00 Å². The molecule has 0 saturated heterocycles. The van der Waals surface area contributed by atoms with E-state index in [9.17, 15) is 9.46 Å². The van der Waals surface area contributed by atoms with E-state index in [1.54, 1.807) is 18.2 Å². The quantitative estimate of drug-likeness (QED) is 0.718. The first-order chi connectivity index (χ1) is 6.11. The number of hydrogen-bond donors (Lipinski definition) is 2. The fraction of sp³-hybridized carbons (Fsp3) is 0.333. The second-order valence-corrected chi connectivity index (χ2v) is 4.99. The third-order valence-corrected chi connectivity index (χ3v) is 3.51. The number of aliphatic hydroxyl groups is 1. The van der Waals surface area contributed by atoms with Crippen molar-refractivity contribution in [2.45, 2.75) is 13.3 Å². The van der Waals surface area contributed by atoms with Gasteiger partial charge in [-0.3, -0.25) is 4.57 Å². The Labute approximate surface area is 77.5 Å². The van der Waals surface area contributed by atoms with Crippen LogP contribution in [-0.2, 0) is 11.0 Å². The van der Waals surface area contributed by atoms with E-state index in [2.05, 4.69) is 0 Å². The monoisotopic (exact) mass is 200 g/mol. The van der Waals surface area contributed by atoms with Gasteiger partial charge in [0.15, 0.2) is 0 Å². The van der Waals surface area contributed by atoms with Gasteiger partial charge in [0.1, 0.15) is 6.35 Å². The molecule has 0 aliphatic heterocycles. The van der Waals surface area contributed by atoms with E-state index in [0.717, 1.165) is 5.56 Å². The van der Waals surface area contributed by atoms with E-state index >= 15 is 0 Å². The zero-order chi connectivity index (χ0) is 9.90. The molecule has 1 unspecified atom stereocenters. The molecule has 0 aliphatic rings. The second-order valence-electron chi connectivity index (χ2n) is 2.83. The zero-order valence-corrected chi connectivity index (χ0v) is 8.37. The molecule has 2 N–H and O–H groups in total. The van der Waals surface area contributed by atoms with Crippen LogP contribution in [0.1, 0.15) is 12.5 Å². The molecule has 0 bridgehead atoms. The van der Waals surface area contributed by atoms with Crippen molar-refractivity contribution in [3.05, 3.63) is 29.8 Å². The van der Waals surface area contributed by atoms with Crippen LogP contribution >= 0.6 is 7.37 Å². The van der Waals surface area contributed by atoms with Crippen molar-refractivity contribution in [2.75, 3.05) is 6.35 Å². The Bertz CT molecular complexity index is 335. The fourth-order valence-electron chi connectivity index (χ4n) is 1.23. The molecule has 1 rings (SSSR count). The van der Waals surface area contributed by atoms with E-state index < -0.39 is 13.7 Å². The summed E-state index contributed by atoms with van der Waals surface area (Å²) in [6.45, 7) is 1.91. The van der Waals surface area contributed by atoms with Crippen LogP contribution in [0.2, 0.25) is 0 Å². The largest absolute Gasteiger partial charge is 0.386 e. The normalized spacial score (nSPS) is 15.3. The summed E-state index contributed by atoms with van der Waals surface area (Å²) in [7, 11) is -3.52. The highest BCUT2D eigenvalue weighted by atomic mass is 31.2. The lowest BCUT2D eigenvalue weighted by molar-refractivity contribution is 0.337. The maximum Gasteiger partial charge on any atom is 0.254 e. The Hall–Kier alpha value is -0.630. The van der Waals surface area contributed by atoms with Crippen molar-refractivity contribution in [2.24, 2.45) is 0 Å². The van der Waals surface area contributed by atoms with Crippen molar-refractivity contribution in [3.63, 3.8) is 0 Å². The van der Waals surface area contributed by atoms with Crippen molar-refractivity contribution in [1.29, 1.82) is 0 Å². The van der Waals surface area contributed by atoms with E-state index in [-0.39, 0.29) is 0 Å². The number of aliphatic hydroxyl groups excluding tert-OH is 1. The maximum atomic E-state index is 11.5. The Morgan fingerprint density at radius 2 is 2.00 bits per heavy atom. The predicted molar refractivity (Wildman–Crippen MR) is 52.4 cm³/mol. The third kappa shape index (κ3) is 2.19. The van der Waals surface area contributed by atoms with Crippen LogP contribution in [0.4, 0.5) is 0 Å². The lowest BCUT2D eigenvalue weighted by atomic mass is 10.2. The molecule has 13 heavy (non-hydrogen) atoms. The summed E-state index contributed by atoms with van der Waals surface area (Å²) in [6, 6.07) is 6.91. The average molecular weight is 200 g/mol. The summed E-state index contributed by atoms with van der Waals surface area (Å²) in [4.78, 5) is 9.41. The molecule has 0 radical (unpaired) electrons. The molecule has 0 spiro atoms. The van der Waals surface area contributed by atoms with Crippen molar-refractivity contribution in [1.82, 2.24) is 0 Å².